The number of hydrogen-bond acceptors (Lipinski definition) is 1. The van der Waals surface area contributed by atoms with Gasteiger partial charge in [-0.15, -0.1) is 0 Å². The van der Waals surface area contributed by atoms with Gasteiger partial charge >= 0.3 is 126 Å². The minimum atomic E-state index is -0.0621. The molecule has 0 saturated heterocycles. The summed E-state index contributed by atoms with van der Waals surface area (Å²) in [5, 5.41) is 0. The molecule has 1 nitrogen and oxygen atoms in total. The van der Waals surface area contributed by atoms with Crippen molar-refractivity contribution in [3.05, 3.63) is 58.0 Å². The predicted molar refractivity (Wildman–Crippen MR) is 78.8 cm³/mol. The van der Waals surface area contributed by atoms with E-state index < -0.39 is 0 Å². The molecule has 5 heteroatoms. The Labute approximate surface area is 162 Å². The average molecular weight is 396 g/mol. The third-order valence-corrected chi connectivity index (χ3v) is 6.18. The molecule has 22 heavy (non-hydrogen) atoms. The van der Waals surface area contributed by atoms with Crippen molar-refractivity contribution in [1.82, 2.24) is 4.90 Å². The standard InChI is InChI=1S/C12H18N.C5H5.3ClH.Ti/c1-3-13(4-2)11-10-12-8-6-5-7-9-12;1-2-4-5-3-1;;;;/h5-10H,3-4,11H2,1-2H3;1-3H,4H2;3*1H;/q;;;;;+3/p-3. The van der Waals surface area contributed by atoms with E-state index in [9.17, 15) is 0 Å². The van der Waals surface area contributed by atoms with Crippen LogP contribution in [0.15, 0.2) is 52.4 Å². The number of rotatable bonds is 7. The summed E-state index contributed by atoms with van der Waals surface area (Å²) in [7, 11) is 0. The Morgan fingerprint density at radius 2 is 1.68 bits per heavy atom. The Hall–Kier alpha value is 0.244. The van der Waals surface area contributed by atoms with Crippen LogP contribution in [0.1, 0.15) is 30.1 Å². The van der Waals surface area contributed by atoms with Crippen LogP contribution in [0.25, 0.3) is 0 Å². The van der Waals surface area contributed by atoms with E-state index in [2.05, 4.69) is 67.3 Å². The maximum Gasteiger partial charge on any atom is -1.00 e. The third-order valence-electron chi connectivity index (χ3n) is 3.67. The van der Waals surface area contributed by atoms with E-state index in [1.807, 2.05) is 0 Å². The number of hydrogen-bond donors (Lipinski definition) is 0. The molecule has 121 valence electrons. The average Bonchev–Trinajstić information content (AvgIpc) is 2.97. The fraction of sp³-hybridized carbons (Fsp3) is 0.412. The van der Waals surface area contributed by atoms with Gasteiger partial charge in [-0.2, -0.15) is 0 Å². The van der Waals surface area contributed by atoms with E-state index in [1.54, 1.807) is 3.88 Å². The smallest absolute Gasteiger partial charge is 1.00 e. The number of likely N-dealkylation sites (N-methyl/N-ethyl adjacent to an activating group) is 1. The first-order valence-corrected chi connectivity index (χ1v) is 8.91. The van der Waals surface area contributed by atoms with E-state index in [-0.39, 0.29) is 56.4 Å². The molecule has 0 aliphatic heterocycles. The van der Waals surface area contributed by atoms with Gasteiger partial charge in [0.2, 0.25) is 0 Å². The van der Waals surface area contributed by atoms with Crippen molar-refractivity contribution < 1.29 is 56.4 Å². The molecule has 2 rings (SSSR count). The molecule has 1 unspecified atom stereocenters. The second-order valence-corrected chi connectivity index (χ2v) is 7.46. The molecule has 0 aromatic heterocycles. The summed E-state index contributed by atoms with van der Waals surface area (Å²) in [6, 6.07) is 11.1. The SMILES string of the molecule is CCN(CC)C[CH]([Ti+3][C]1=CC=CC1)c1ccccc1.[Cl-].[Cl-].[Cl-]. The molecule has 1 atom stereocenters. The van der Waals surface area contributed by atoms with E-state index in [1.165, 1.54) is 18.5 Å². The van der Waals surface area contributed by atoms with Gasteiger partial charge in [-0.1, -0.05) is 0 Å². The minimum absolute atomic E-state index is 0. The Kier molecular flexibility index (Phi) is 15.2. The van der Waals surface area contributed by atoms with Crippen molar-refractivity contribution in [2.24, 2.45) is 0 Å². The van der Waals surface area contributed by atoms with E-state index in [4.69, 9.17) is 0 Å². The Balaban J connectivity index is 0. The van der Waals surface area contributed by atoms with Crippen LogP contribution >= 0.6 is 0 Å². The first kappa shape index (κ1) is 24.5. The zero-order valence-electron chi connectivity index (χ0n) is 13.1. The van der Waals surface area contributed by atoms with Gasteiger partial charge in [-0.25, -0.2) is 0 Å². The fourth-order valence-electron chi connectivity index (χ4n) is 2.44. The van der Waals surface area contributed by atoms with Gasteiger partial charge in [0, 0.05) is 0 Å². The minimum Gasteiger partial charge on any atom is -1.00 e. The van der Waals surface area contributed by atoms with Crippen LogP contribution < -0.4 is 37.2 Å². The molecule has 0 N–H and O–H groups in total. The van der Waals surface area contributed by atoms with Gasteiger partial charge in [-0.05, 0) is 0 Å². The fourth-order valence-corrected chi connectivity index (χ4v) is 4.91. The Morgan fingerprint density at radius 3 is 2.18 bits per heavy atom. The zero-order chi connectivity index (χ0) is 13.5. The van der Waals surface area contributed by atoms with Crippen molar-refractivity contribution in [2.45, 2.75) is 24.5 Å². The van der Waals surface area contributed by atoms with E-state index >= 15 is 0 Å². The first-order chi connectivity index (χ1) is 9.33. The molecule has 0 heterocycles. The van der Waals surface area contributed by atoms with Crippen LogP contribution in [0, 0.1) is 0 Å². The number of allylic oxidation sites excluding steroid dienone is 4. The van der Waals surface area contributed by atoms with Gasteiger partial charge < -0.3 is 37.2 Å². The molecule has 0 radical (unpaired) electrons. The van der Waals surface area contributed by atoms with Gasteiger partial charge in [-0.3, -0.25) is 0 Å². The molecule has 1 aliphatic rings. The van der Waals surface area contributed by atoms with Crippen molar-refractivity contribution in [3.63, 3.8) is 0 Å². The molecule has 0 bridgehead atoms. The van der Waals surface area contributed by atoms with Crippen molar-refractivity contribution in [2.75, 3.05) is 19.6 Å². The van der Waals surface area contributed by atoms with Gasteiger partial charge in [0.1, 0.15) is 0 Å². The second kappa shape index (κ2) is 13.7. The van der Waals surface area contributed by atoms with Gasteiger partial charge in [0.15, 0.2) is 0 Å². The molecular formula is C17H23Cl3NTi. The molecule has 0 saturated carbocycles. The normalized spacial score (nSPS) is 13.3. The van der Waals surface area contributed by atoms with E-state index in [0.717, 1.165) is 17.3 Å². The van der Waals surface area contributed by atoms with Crippen LogP contribution in [-0.2, 0) is 19.2 Å². The molecule has 1 aromatic carbocycles. The summed E-state index contributed by atoms with van der Waals surface area (Å²) in [4.78, 5) is 2.56. The Bertz CT molecular complexity index is 444. The van der Waals surface area contributed by atoms with Crippen LogP contribution in [0.4, 0.5) is 0 Å². The topological polar surface area (TPSA) is 3.24 Å². The molecular weight excluding hydrogens is 372 g/mol. The first-order valence-electron chi connectivity index (χ1n) is 7.23. The van der Waals surface area contributed by atoms with Crippen molar-refractivity contribution in [3.8, 4) is 0 Å². The maximum atomic E-state index is 2.56. The van der Waals surface area contributed by atoms with Crippen molar-refractivity contribution >= 4 is 0 Å². The molecule has 0 fully saturated rings. The van der Waals surface area contributed by atoms with Crippen LogP contribution in [0.3, 0.4) is 0 Å². The third kappa shape index (κ3) is 7.68. The molecule has 0 spiro atoms. The number of nitrogens with zero attached hydrogens (tertiary/aromatic N) is 1. The number of benzene rings is 1. The van der Waals surface area contributed by atoms with E-state index in [0.29, 0.717) is 0 Å². The van der Waals surface area contributed by atoms with Crippen LogP contribution in [-0.4, -0.2) is 24.5 Å². The quantitative estimate of drug-likeness (QED) is 0.418. The summed E-state index contributed by atoms with van der Waals surface area (Å²) in [5.74, 6) is 0. The monoisotopic (exact) mass is 394 g/mol. The molecule has 1 aliphatic carbocycles. The molecule has 1 aromatic rings. The summed E-state index contributed by atoms with van der Waals surface area (Å²) in [6.45, 7) is 8.06. The summed E-state index contributed by atoms with van der Waals surface area (Å²) in [5.41, 5.74) is 1.53. The molecule has 0 amide bonds. The van der Waals surface area contributed by atoms with Crippen LogP contribution in [0.5, 0.6) is 0 Å². The zero-order valence-corrected chi connectivity index (χ0v) is 16.9. The predicted octanol–water partition coefficient (Wildman–Crippen LogP) is -4.99. The van der Waals surface area contributed by atoms with Gasteiger partial charge in [0.05, 0.1) is 0 Å². The maximum absolute atomic E-state index is 2.56. The number of halogens is 3. The van der Waals surface area contributed by atoms with Crippen LogP contribution in [0.2, 0.25) is 0 Å². The largest absolute Gasteiger partial charge is 1.00 e. The Morgan fingerprint density at radius 1 is 1.05 bits per heavy atom. The summed E-state index contributed by atoms with van der Waals surface area (Å²) in [6.07, 6.45) is 8.05. The van der Waals surface area contributed by atoms with Crippen molar-refractivity contribution in [1.29, 1.82) is 0 Å². The van der Waals surface area contributed by atoms with Gasteiger partial charge in [0.25, 0.3) is 0 Å². The second-order valence-electron chi connectivity index (χ2n) is 4.92. The summed E-state index contributed by atoms with van der Waals surface area (Å²) < 4.78 is 2.44. The summed E-state index contributed by atoms with van der Waals surface area (Å²) >= 11 is -0.0621.